The minimum absolute atomic E-state index is 0.256. The Labute approximate surface area is 90.6 Å². The zero-order valence-corrected chi connectivity index (χ0v) is 9.22. The third-order valence-electron chi connectivity index (χ3n) is 1.99. The second kappa shape index (κ2) is 3.86. The van der Waals surface area contributed by atoms with Crippen LogP contribution in [0.25, 0.3) is 10.6 Å². The van der Waals surface area contributed by atoms with E-state index in [1.165, 1.54) is 18.3 Å². The molecule has 0 saturated carbocycles. The maximum atomic E-state index is 11.4. The summed E-state index contributed by atoms with van der Waals surface area (Å²) >= 11 is 1.58. The van der Waals surface area contributed by atoms with Crippen LogP contribution in [0.15, 0.2) is 23.3 Å². The van der Waals surface area contributed by atoms with Crippen molar-refractivity contribution in [1.29, 1.82) is 0 Å². The highest BCUT2D eigenvalue weighted by Crippen LogP contribution is 2.30. The van der Waals surface area contributed by atoms with Gasteiger partial charge in [0.25, 0.3) is 5.56 Å². The van der Waals surface area contributed by atoms with Crippen LogP contribution in [0, 0.1) is 6.92 Å². The van der Waals surface area contributed by atoms with Gasteiger partial charge >= 0.3 is 0 Å². The topological polar surface area (TPSA) is 55.0 Å². The Morgan fingerprint density at radius 2 is 2.27 bits per heavy atom. The van der Waals surface area contributed by atoms with E-state index in [-0.39, 0.29) is 11.3 Å². The molecule has 0 aliphatic heterocycles. The first-order valence-corrected chi connectivity index (χ1v) is 5.22. The standard InChI is InChI=1S/C10H10N2O2S/c1-6-3-4-7(15-6)8-9(14-2)10(13)12-5-11-8/h3-5H,1-2H3,(H,11,12,13). The summed E-state index contributed by atoms with van der Waals surface area (Å²) in [5.41, 5.74) is 0.341. The highest BCUT2D eigenvalue weighted by molar-refractivity contribution is 7.15. The number of aromatic amines is 1. The largest absolute Gasteiger partial charge is 0.490 e. The first-order valence-electron chi connectivity index (χ1n) is 4.41. The molecule has 5 heteroatoms. The zero-order valence-electron chi connectivity index (χ0n) is 8.40. The van der Waals surface area contributed by atoms with E-state index >= 15 is 0 Å². The molecular weight excluding hydrogens is 212 g/mol. The molecule has 2 rings (SSSR count). The molecule has 2 aromatic heterocycles. The number of hydrogen-bond acceptors (Lipinski definition) is 4. The molecule has 0 saturated heterocycles. The number of hydrogen-bond donors (Lipinski definition) is 1. The molecule has 0 unspecified atom stereocenters. The third-order valence-corrected chi connectivity index (χ3v) is 3.00. The summed E-state index contributed by atoms with van der Waals surface area (Å²) in [4.78, 5) is 20.2. The highest BCUT2D eigenvalue weighted by Gasteiger charge is 2.12. The number of nitrogens with zero attached hydrogens (tertiary/aromatic N) is 1. The second-order valence-corrected chi connectivity index (χ2v) is 4.31. The Kier molecular flexibility index (Phi) is 2.55. The maximum absolute atomic E-state index is 11.4. The molecule has 2 heterocycles. The SMILES string of the molecule is COc1c(-c2ccc(C)s2)nc[nH]c1=O. The van der Waals surface area contributed by atoms with E-state index in [1.807, 2.05) is 19.1 Å². The van der Waals surface area contributed by atoms with Gasteiger partial charge in [-0.25, -0.2) is 4.98 Å². The lowest BCUT2D eigenvalue weighted by Gasteiger charge is -2.02. The van der Waals surface area contributed by atoms with Crippen molar-refractivity contribution < 1.29 is 4.74 Å². The average Bonchev–Trinajstić information content (AvgIpc) is 2.64. The number of aryl methyl sites for hydroxylation is 1. The van der Waals surface area contributed by atoms with E-state index in [4.69, 9.17) is 4.74 Å². The molecule has 1 N–H and O–H groups in total. The minimum Gasteiger partial charge on any atom is -0.490 e. The Bertz CT molecular complexity index is 530. The fourth-order valence-corrected chi connectivity index (χ4v) is 2.17. The van der Waals surface area contributed by atoms with E-state index in [0.29, 0.717) is 5.69 Å². The van der Waals surface area contributed by atoms with Crippen molar-refractivity contribution in [1.82, 2.24) is 9.97 Å². The van der Waals surface area contributed by atoms with Gasteiger partial charge in [-0.2, -0.15) is 0 Å². The predicted octanol–water partition coefficient (Wildman–Crippen LogP) is 1.82. The van der Waals surface area contributed by atoms with Crippen molar-refractivity contribution in [3.8, 4) is 16.3 Å². The Morgan fingerprint density at radius 3 is 2.87 bits per heavy atom. The Balaban J connectivity index is 2.62. The molecule has 0 aliphatic carbocycles. The average molecular weight is 222 g/mol. The van der Waals surface area contributed by atoms with Crippen molar-refractivity contribution in [2.75, 3.05) is 7.11 Å². The Hall–Kier alpha value is -1.62. The van der Waals surface area contributed by atoms with Crippen LogP contribution in [0.3, 0.4) is 0 Å². The van der Waals surface area contributed by atoms with Crippen LogP contribution in [0.2, 0.25) is 0 Å². The van der Waals surface area contributed by atoms with Crippen LogP contribution >= 0.6 is 11.3 Å². The van der Waals surface area contributed by atoms with E-state index in [1.54, 1.807) is 11.3 Å². The van der Waals surface area contributed by atoms with Crippen LogP contribution < -0.4 is 10.3 Å². The molecule has 0 aliphatic rings. The normalized spacial score (nSPS) is 10.3. The highest BCUT2D eigenvalue weighted by atomic mass is 32.1. The first kappa shape index (κ1) is 9.92. The Morgan fingerprint density at radius 1 is 1.47 bits per heavy atom. The minimum atomic E-state index is -0.256. The number of methoxy groups -OCH3 is 1. The summed E-state index contributed by atoms with van der Waals surface area (Å²) < 4.78 is 5.04. The van der Waals surface area contributed by atoms with Crippen molar-refractivity contribution in [2.24, 2.45) is 0 Å². The van der Waals surface area contributed by atoms with E-state index in [2.05, 4.69) is 9.97 Å². The van der Waals surface area contributed by atoms with Crippen molar-refractivity contribution in [3.05, 3.63) is 33.7 Å². The molecule has 0 atom stereocenters. The lowest BCUT2D eigenvalue weighted by Crippen LogP contribution is -2.10. The molecule has 0 radical (unpaired) electrons. The van der Waals surface area contributed by atoms with Gasteiger partial charge in [-0.15, -0.1) is 11.3 Å². The smallest absolute Gasteiger partial charge is 0.293 e. The monoisotopic (exact) mass is 222 g/mol. The third kappa shape index (κ3) is 1.78. The van der Waals surface area contributed by atoms with E-state index < -0.39 is 0 Å². The molecule has 4 nitrogen and oxygen atoms in total. The van der Waals surface area contributed by atoms with Crippen LogP contribution in [-0.4, -0.2) is 17.1 Å². The van der Waals surface area contributed by atoms with Gasteiger partial charge in [-0.1, -0.05) is 0 Å². The van der Waals surface area contributed by atoms with Gasteiger partial charge < -0.3 is 9.72 Å². The van der Waals surface area contributed by atoms with Crippen LogP contribution in [0.4, 0.5) is 0 Å². The summed E-state index contributed by atoms with van der Waals surface area (Å²) in [6.07, 6.45) is 1.38. The van der Waals surface area contributed by atoms with E-state index in [9.17, 15) is 4.79 Å². The maximum Gasteiger partial charge on any atom is 0.293 e. The van der Waals surface area contributed by atoms with Gasteiger partial charge in [0.1, 0.15) is 5.69 Å². The summed E-state index contributed by atoms with van der Waals surface area (Å²) in [6, 6.07) is 3.92. The van der Waals surface area contributed by atoms with Gasteiger partial charge in [0.15, 0.2) is 0 Å². The number of thiophene rings is 1. The summed E-state index contributed by atoms with van der Waals surface area (Å²) in [5, 5.41) is 0. The zero-order chi connectivity index (χ0) is 10.8. The van der Waals surface area contributed by atoms with Gasteiger partial charge in [0.2, 0.25) is 5.75 Å². The van der Waals surface area contributed by atoms with Gasteiger partial charge in [-0.3, -0.25) is 4.79 Å². The van der Waals surface area contributed by atoms with Crippen molar-refractivity contribution >= 4 is 11.3 Å². The quantitative estimate of drug-likeness (QED) is 0.843. The van der Waals surface area contributed by atoms with Gasteiger partial charge in [-0.05, 0) is 19.1 Å². The van der Waals surface area contributed by atoms with Crippen molar-refractivity contribution in [3.63, 3.8) is 0 Å². The molecule has 15 heavy (non-hydrogen) atoms. The summed E-state index contributed by atoms with van der Waals surface area (Å²) in [5.74, 6) is 0.263. The molecular formula is C10H10N2O2S. The van der Waals surface area contributed by atoms with E-state index in [0.717, 1.165) is 4.88 Å². The molecule has 0 spiro atoms. The molecule has 0 amide bonds. The number of ether oxygens (including phenoxy) is 1. The second-order valence-electron chi connectivity index (χ2n) is 3.02. The molecule has 0 aromatic carbocycles. The fraction of sp³-hybridized carbons (Fsp3) is 0.200. The van der Waals surface area contributed by atoms with Gasteiger partial charge in [0, 0.05) is 4.88 Å². The number of H-pyrrole nitrogens is 1. The summed E-state index contributed by atoms with van der Waals surface area (Å²) in [7, 11) is 1.47. The number of aromatic nitrogens is 2. The van der Waals surface area contributed by atoms with Crippen LogP contribution in [0.1, 0.15) is 4.88 Å². The molecule has 78 valence electrons. The molecule has 0 bridgehead atoms. The predicted molar refractivity (Wildman–Crippen MR) is 59.5 cm³/mol. The first-order chi connectivity index (χ1) is 7.22. The molecule has 2 aromatic rings. The number of rotatable bonds is 2. The lowest BCUT2D eigenvalue weighted by molar-refractivity contribution is 0.408. The lowest BCUT2D eigenvalue weighted by atomic mass is 10.3. The molecule has 0 fully saturated rings. The number of nitrogens with one attached hydrogen (secondary N) is 1. The van der Waals surface area contributed by atoms with Gasteiger partial charge in [0.05, 0.1) is 18.3 Å². The van der Waals surface area contributed by atoms with Crippen LogP contribution in [-0.2, 0) is 0 Å². The fourth-order valence-electron chi connectivity index (χ4n) is 1.31. The van der Waals surface area contributed by atoms with Crippen molar-refractivity contribution in [2.45, 2.75) is 6.92 Å². The summed E-state index contributed by atoms with van der Waals surface area (Å²) in [6.45, 7) is 2.01. The van der Waals surface area contributed by atoms with Crippen LogP contribution in [0.5, 0.6) is 5.75 Å².